The first-order valence-electron chi connectivity index (χ1n) is 15.8. The molecule has 0 bridgehead atoms. The third-order valence-electron chi connectivity index (χ3n) is 10.5. The summed E-state index contributed by atoms with van der Waals surface area (Å²) in [6, 6.07) is 5.81. The lowest BCUT2D eigenvalue weighted by Gasteiger charge is -2.63. The molecule has 3 fully saturated rings. The van der Waals surface area contributed by atoms with E-state index in [0.717, 1.165) is 68.9 Å². The molecule has 232 valence electrons. The van der Waals surface area contributed by atoms with Gasteiger partial charge < -0.3 is 25.0 Å². The number of aromatic nitrogens is 2. The van der Waals surface area contributed by atoms with Gasteiger partial charge in [0.05, 0.1) is 23.3 Å². The van der Waals surface area contributed by atoms with Gasteiger partial charge in [0.25, 0.3) is 5.91 Å². The summed E-state index contributed by atoms with van der Waals surface area (Å²) >= 11 is 0. The maximum Gasteiger partial charge on any atom is 0.254 e. The van der Waals surface area contributed by atoms with Crippen LogP contribution < -0.4 is 15.0 Å². The van der Waals surface area contributed by atoms with E-state index in [1.807, 2.05) is 26.0 Å². The third kappa shape index (κ3) is 6.09. The van der Waals surface area contributed by atoms with E-state index in [-0.39, 0.29) is 35.0 Å². The first-order valence-corrected chi connectivity index (χ1v) is 15.8. The van der Waals surface area contributed by atoms with Crippen LogP contribution in [0.2, 0.25) is 0 Å². The highest BCUT2D eigenvalue weighted by atomic mass is 16.5. The second kappa shape index (κ2) is 12.0. The average Bonchev–Trinajstić information content (AvgIpc) is 2.98. The predicted octanol–water partition coefficient (Wildman–Crippen LogP) is 4.50. The number of nitrogens with zero attached hydrogens (tertiary/aromatic N) is 5. The molecule has 0 radical (unpaired) electrons. The Morgan fingerprint density at radius 1 is 1.07 bits per heavy atom. The van der Waals surface area contributed by atoms with Gasteiger partial charge in [-0.2, -0.15) is 5.26 Å². The van der Waals surface area contributed by atoms with Gasteiger partial charge in [0.15, 0.2) is 0 Å². The number of nitrogens with one attached hydrogen (secondary N) is 1. The number of benzene rings is 1. The van der Waals surface area contributed by atoms with Crippen molar-refractivity contribution in [3.63, 3.8) is 0 Å². The Morgan fingerprint density at radius 3 is 2.33 bits per heavy atom. The molecule has 0 unspecified atom stereocenters. The minimum atomic E-state index is -0.317. The van der Waals surface area contributed by atoms with E-state index in [2.05, 4.69) is 65.8 Å². The summed E-state index contributed by atoms with van der Waals surface area (Å²) in [7, 11) is 0. The Bertz CT molecular complexity index is 1340. The normalized spacial score (nSPS) is 27.2. The fourth-order valence-corrected chi connectivity index (χ4v) is 7.87. The van der Waals surface area contributed by atoms with E-state index in [1.165, 1.54) is 0 Å². The predicted molar refractivity (Wildman–Crippen MR) is 167 cm³/mol. The lowest BCUT2D eigenvalue weighted by molar-refractivity contribution is -0.164. The molecule has 1 saturated carbocycles. The van der Waals surface area contributed by atoms with Crippen LogP contribution in [-0.2, 0) is 0 Å². The number of carbonyl (C=O) groups excluding carboxylic acids is 1. The number of aliphatic hydroxyl groups excluding tert-OH is 1. The second-order valence-electron chi connectivity index (χ2n) is 14.3. The fraction of sp³-hybridized carbons (Fsp3) is 0.647. The first kappa shape index (κ1) is 31.2. The van der Waals surface area contributed by atoms with Crippen LogP contribution in [-0.4, -0.2) is 76.9 Å². The molecule has 1 aliphatic carbocycles. The van der Waals surface area contributed by atoms with Crippen molar-refractivity contribution in [1.82, 2.24) is 20.2 Å². The standard InChI is InChI=1S/C34H48N6O3/c1-21-19-40(15-10-25(21)20-39-13-11-27(41)12-14-39)32-36-17-26(18-37-32)29(42)38-30-33(4,5)31(34(30,6)7)43-28-9-8-24(16-35)22(2)23(28)3/h8-9,17-18,21,25,27,30-31,41H,10-15,19-20H2,1-7H3,(H,38,42)/t21-,25+,30?,31?/m0/s1. The van der Waals surface area contributed by atoms with E-state index in [9.17, 15) is 15.2 Å². The smallest absolute Gasteiger partial charge is 0.254 e. The molecule has 0 spiro atoms. The van der Waals surface area contributed by atoms with Gasteiger partial charge in [0.2, 0.25) is 5.95 Å². The molecular weight excluding hydrogens is 540 g/mol. The number of piperidine rings is 2. The summed E-state index contributed by atoms with van der Waals surface area (Å²) in [5, 5.41) is 22.4. The van der Waals surface area contributed by atoms with Crippen LogP contribution in [0.4, 0.5) is 5.95 Å². The summed E-state index contributed by atoms with van der Waals surface area (Å²) in [5.41, 5.74) is 2.38. The summed E-state index contributed by atoms with van der Waals surface area (Å²) in [5.74, 6) is 2.42. The summed E-state index contributed by atoms with van der Waals surface area (Å²) < 4.78 is 6.55. The van der Waals surface area contributed by atoms with Gasteiger partial charge >= 0.3 is 0 Å². The van der Waals surface area contributed by atoms with Crippen LogP contribution in [0.3, 0.4) is 0 Å². The van der Waals surface area contributed by atoms with Gasteiger partial charge in [-0.1, -0.05) is 34.6 Å². The maximum atomic E-state index is 13.4. The van der Waals surface area contributed by atoms with Crippen molar-refractivity contribution in [1.29, 1.82) is 5.26 Å². The van der Waals surface area contributed by atoms with Crippen LogP contribution in [0.1, 0.15) is 80.9 Å². The zero-order chi connectivity index (χ0) is 31.1. The lowest BCUT2D eigenvalue weighted by atomic mass is 9.49. The first-order chi connectivity index (χ1) is 20.3. The van der Waals surface area contributed by atoms with Crippen molar-refractivity contribution in [2.24, 2.45) is 22.7 Å². The largest absolute Gasteiger partial charge is 0.489 e. The Labute approximate surface area is 256 Å². The number of amides is 1. The zero-order valence-corrected chi connectivity index (χ0v) is 26.9. The van der Waals surface area contributed by atoms with Crippen LogP contribution in [0.15, 0.2) is 24.5 Å². The number of nitriles is 1. The van der Waals surface area contributed by atoms with E-state index in [0.29, 0.717) is 28.9 Å². The molecule has 9 heteroatoms. The van der Waals surface area contributed by atoms with Crippen LogP contribution in [0.25, 0.3) is 0 Å². The summed E-state index contributed by atoms with van der Waals surface area (Å²) in [6.45, 7) is 19.6. The molecule has 2 saturated heterocycles. The van der Waals surface area contributed by atoms with Gasteiger partial charge in [-0.15, -0.1) is 0 Å². The number of rotatable bonds is 7. The number of hydrogen-bond acceptors (Lipinski definition) is 8. The number of ether oxygens (including phenoxy) is 1. The number of likely N-dealkylation sites (tertiary alicyclic amines) is 1. The van der Waals surface area contributed by atoms with Crippen molar-refractivity contribution >= 4 is 11.9 Å². The molecule has 2 aliphatic heterocycles. The highest BCUT2D eigenvalue weighted by molar-refractivity contribution is 5.94. The third-order valence-corrected chi connectivity index (χ3v) is 10.5. The summed E-state index contributed by atoms with van der Waals surface area (Å²) in [4.78, 5) is 27.3. The maximum absolute atomic E-state index is 13.4. The molecule has 1 amide bonds. The van der Waals surface area contributed by atoms with E-state index < -0.39 is 0 Å². The molecule has 1 aromatic carbocycles. The number of hydrogen-bond donors (Lipinski definition) is 2. The Balaban J connectivity index is 1.17. The van der Waals surface area contributed by atoms with Crippen molar-refractivity contribution in [2.45, 2.75) is 86.0 Å². The molecule has 43 heavy (non-hydrogen) atoms. The molecule has 1 aromatic heterocycles. The Morgan fingerprint density at radius 2 is 1.72 bits per heavy atom. The SMILES string of the molecule is Cc1c(C#N)ccc(OC2C(C)(C)C(NC(=O)c3cnc(N4CC[C@H](CN5CCC(O)CC5)[C@@H](C)C4)nc3)C2(C)C)c1C. The van der Waals surface area contributed by atoms with Crippen LogP contribution in [0.5, 0.6) is 5.75 Å². The minimum Gasteiger partial charge on any atom is -0.489 e. The average molecular weight is 589 g/mol. The van der Waals surface area contributed by atoms with E-state index >= 15 is 0 Å². The van der Waals surface area contributed by atoms with Crippen LogP contribution >= 0.6 is 0 Å². The molecular formula is C34H48N6O3. The molecule has 9 nitrogen and oxygen atoms in total. The second-order valence-corrected chi connectivity index (χ2v) is 14.3. The minimum absolute atomic E-state index is 0.111. The molecule has 5 rings (SSSR count). The molecule has 3 heterocycles. The Hall–Kier alpha value is -3.22. The molecule has 3 aliphatic rings. The van der Waals surface area contributed by atoms with Crippen molar-refractivity contribution in [2.75, 3.05) is 37.6 Å². The highest BCUT2D eigenvalue weighted by Crippen LogP contribution is 2.55. The van der Waals surface area contributed by atoms with Gasteiger partial charge in [0, 0.05) is 62.0 Å². The van der Waals surface area contributed by atoms with E-state index in [1.54, 1.807) is 12.4 Å². The van der Waals surface area contributed by atoms with Crippen molar-refractivity contribution in [3.8, 4) is 11.8 Å². The van der Waals surface area contributed by atoms with Gasteiger partial charge in [-0.05, 0) is 68.2 Å². The molecule has 2 aromatic rings. The Kier molecular flexibility index (Phi) is 8.75. The van der Waals surface area contributed by atoms with Gasteiger partial charge in [0.1, 0.15) is 11.9 Å². The highest BCUT2D eigenvalue weighted by Gasteiger charge is 2.64. The van der Waals surface area contributed by atoms with Crippen LogP contribution in [0, 0.1) is 47.8 Å². The number of anilines is 1. The topological polar surface area (TPSA) is 115 Å². The van der Waals surface area contributed by atoms with Crippen molar-refractivity contribution in [3.05, 3.63) is 46.8 Å². The molecule has 2 atom stereocenters. The van der Waals surface area contributed by atoms with Crippen molar-refractivity contribution < 1.29 is 14.6 Å². The molecule has 2 N–H and O–H groups in total. The van der Waals surface area contributed by atoms with Gasteiger partial charge in [-0.3, -0.25) is 4.79 Å². The van der Waals surface area contributed by atoms with E-state index in [4.69, 9.17) is 4.74 Å². The fourth-order valence-electron chi connectivity index (χ4n) is 7.87. The number of carbonyl (C=O) groups is 1. The monoisotopic (exact) mass is 588 g/mol. The zero-order valence-electron chi connectivity index (χ0n) is 26.9. The van der Waals surface area contributed by atoms with Gasteiger partial charge in [-0.25, -0.2) is 9.97 Å². The lowest BCUT2D eigenvalue weighted by Crippen LogP contribution is -2.74. The number of aliphatic hydroxyl groups is 1. The quantitative estimate of drug-likeness (QED) is 0.486. The summed E-state index contributed by atoms with van der Waals surface area (Å²) in [6.07, 6.45) is 5.87.